The smallest absolute Gasteiger partial charge is 0.338 e. The number of amides is 2. The molecular formula is C23H25ClN2O5. The van der Waals surface area contributed by atoms with Crippen LogP contribution >= 0.6 is 11.6 Å². The Morgan fingerprint density at radius 3 is 2.39 bits per heavy atom. The van der Waals surface area contributed by atoms with Gasteiger partial charge in [0, 0.05) is 0 Å². The van der Waals surface area contributed by atoms with E-state index in [1.807, 2.05) is 44.2 Å². The minimum atomic E-state index is -0.796. The Bertz CT molecular complexity index is 991. The van der Waals surface area contributed by atoms with Crippen LogP contribution in [0.3, 0.4) is 0 Å². The Kier molecular flexibility index (Phi) is 7.41. The van der Waals surface area contributed by atoms with Crippen LogP contribution in [0.4, 0.5) is 4.79 Å². The molecule has 0 bridgehead atoms. The Balaban J connectivity index is 2.19. The Hall–Kier alpha value is -3.19. The van der Waals surface area contributed by atoms with Crippen molar-refractivity contribution in [1.82, 2.24) is 10.6 Å². The van der Waals surface area contributed by atoms with E-state index in [0.717, 1.165) is 0 Å². The van der Waals surface area contributed by atoms with Crippen molar-refractivity contribution in [3.63, 3.8) is 0 Å². The van der Waals surface area contributed by atoms with Crippen LogP contribution in [-0.4, -0.2) is 31.8 Å². The van der Waals surface area contributed by atoms with Gasteiger partial charge in [0.25, 0.3) is 0 Å². The number of carbonyl (C=O) groups excluding carboxylic acids is 2. The van der Waals surface area contributed by atoms with Crippen LogP contribution in [0.2, 0.25) is 5.02 Å². The zero-order valence-corrected chi connectivity index (χ0v) is 18.4. The van der Waals surface area contributed by atoms with Gasteiger partial charge < -0.3 is 24.8 Å². The molecule has 0 fully saturated rings. The molecule has 3 rings (SSSR count). The van der Waals surface area contributed by atoms with Crippen molar-refractivity contribution in [3.05, 3.63) is 64.2 Å². The lowest BCUT2D eigenvalue weighted by molar-refractivity contribution is -0.138. The summed E-state index contributed by atoms with van der Waals surface area (Å²) < 4.78 is 16.7. The fourth-order valence-electron chi connectivity index (χ4n) is 3.38. The first kappa shape index (κ1) is 22.5. The quantitative estimate of drug-likeness (QED) is 0.587. The second kappa shape index (κ2) is 10.2. The number of nitrogens with one attached hydrogen (secondary N) is 2. The van der Waals surface area contributed by atoms with Gasteiger partial charge in [-0.1, -0.05) is 41.9 Å². The first-order valence-electron chi connectivity index (χ1n) is 10.1. The molecule has 0 saturated heterocycles. The summed E-state index contributed by atoms with van der Waals surface area (Å²) in [4.78, 5) is 25.5. The van der Waals surface area contributed by atoms with E-state index < -0.39 is 18.0 Å². The van der Waals surface area contributed by atoms with Gasteiger partial charge in [0.2, 0.25) is 0 Å². The van der Waals surface area contributed by atoms with Gasteiger partial charge in [-0.2, -0.15) is 0 Å². The Labute approximate surface area is 186 Å². The van der Waals surface area contributed by atoms with Crippen molar-refractivity contribution in [2.24, 2.45) is 0 Å². The number of urea groups is 1. The van der Waals surface area contributed by atoms with Gasteiger partial charge in [-0.15, -0.1) is 0 Å². The lowest BCUT2D eigenvalue weighted by Crippen LogP contribution is -2.45. The normalized spacial score (nSPS) is 15.7. The highest BCUT2D eigenvalue weighted by Gasteiger charge is 2.35. The largest absolute Gasteiger partial charge is 0.490 e. The SMILES string of the molecule is CCOC(=O)C1=C(c2ccccc2)NC(=O)N[C@H]1c1cc(Cl)c(OCC)c(OCC)c1. The van der Waals surface area contributed by atoms with Crippen LogP contribution < -0.4 is 20.1 Å². The molecule has 0 spiro atoms. The molecule has 7 nitrogen and oxygen atoms in total. The molecule has 1 aliphatic rings. The first-order chi connectivity index (χ1) is 15.0. The molecule has 2 N–H and O–H groups in total. The molecule has 1 aliphatic heterocycles. The summed E-state index contributed by atoms with van der Waals surface area (Å²) >= 11 is 6.48. The molecule has 1 heterocycles. The molecule has 2 aromatic carbocycles. The van der Waals surface area contributed by atoms with Crippen molar-refractivity contribution >= 4 is 29.3 Å². The van der Waals surface area contributed by atoms with E-state index in [2.05, 4.69) is 10.6 Å². The molecule has 0 saturated carbocycles. The summed E-state index contributed by atoms with van der Waals surface area (Å²) in [6.45, 7) is 6.43. The minimum Gasteiger partial charge on any atom is -0.490 e. The minimum absolute atomic E-state index is 0.194. The summed E-state index contributed by atoms with van der Waals surface area (Å²) in [5.74, 6) is 0.311. The lowest BCUT2D eigenvalue weighted by atomic mass is 9.92. The molecular weight excluding hydrogens is 420 g/mol. The molecule has 2 aromatic rings. The van der Waals surface area contributed by atoms with Crippen LogP contribution in [-0.2, 0) is 9.53 Å². The predicted octanol–water partition coefficient (Wildman–Crippen LogP) is 4.47. The molecule has 1 atom stereocenters. The van der Waals surface area contributed by atoms with E-state index in [-0.39, 0.29) is 12.2 Å². The van der Waals surface area contributed by atoms with Gasteiger partial charge in [0.1, 0.15) is 0 Å². The second-order valence-corrected chi connectivity index (χ2v) is 7.01. The van der Waals surface area contributed by atoms with Gasteiger partial charge in [-0.25, -0.2) is 9.59 Å². The maximum atomic E-state index is 13.0. The van der Waals surface area contributed by atoms with Gasteiger partial charge in [-0.3, -0.25) is 0 Å². The third-order valence-corrected chi connectivity index (χ3v) is 4.86. The summed E-state index contributed by atoms with van der Waals surface area (Å²) in [5, 5.41) is 5.87. The van der Waals surface area contributed by atoms with E-state index in [0.29, 0.717) is 46.6 Å². The van der Waals surface area contributed by atoms with E-state index in [1.54, 1.807) is 19.1 Å². The van der Waals surface area contributed by atoms with Gasteiger partial charge >= 0.3 is 12.0 Å². The topological polar surface area (TPSA) is 85.9 Å². The summed E-state index contributed by atoms with van der Waals surface area (Å²) in [7, 11) is 0. The third-order valence-electron chi connectivity index (χ3n) is 4.58. The van der Waals surface area contributed by atoms with Crippen LogP contribution in [0.5, 0.6) is 11.5 Å². The molecule has 164 valence electrons. The average molecular weight is 445 g/mol. The number of ether oxygens (including phenoxy) is 3. The summed E-state index contributed by atoms with van der Waals surface area (Å²) in [6.07, 6.45) is 0. The fraction of sp³-hybridized carbons (Fsp3) is 0.304. The van der Waals surface area contributed by atoms with Gasteiger partial charge in [-0.05, 0) is 44.0 Å². The fourth-order valence-corrected chi connectivity index (χ4v) is 3.65. The number of hydrogen-bond donors (Lipinski definition) is 2. The Morgan fingerprint density at radius 2 is 1.74 bits per heavy atom. The summed E-state index contributed by atoms with van der Waals surface area (Å²) in [5.41, 5.74) is 1.92. The van der Waals surface area contributed by atoms with E-state index in [9.17, 15) is 9.59 Å². The van der Waals surface area contributed by atoms with Crippen molar-refractivity contribution in [1.29, 1.82) is 0 Å². The molecule has 0 radical (unpaired) electrons. The third kappa shape index (κ3) is 4.94. The Morgan fingerprint density at radius 1 is 1.03 bits per heavy atom. The van der Waals surface area contributed by atoms with Crippen LogP contribution in [0.25, 0.3) is 5.70 Å². The lowest BCUT2D eigenvalue weighted by Gasteiger charge is -2.30. The molecule has 0 unspecified atom stereocenters. The second-order valence-electron chi connectivity index (χ2n) is 6.60. The monoisotopic (exact) mass is 444 g/mol. The van der Waals surface area contributed by atoms with Crippen molar-refractivity contribution in [2.75, 3.05) is 19.8 Å². The molecule has 8 heteroatoms. The number of rotatable bonds is 8. The zero-order chi connectivity index (χ0) is 22.4. The van der Waals surface area contributed by atoms with Crippen molar-refractivity contribution < 1.29 is 23.8 Å². The number of carbonyl (C=O) groups is 2. The standard InChI is InChI=1S/C23H25ClN2O5/c1-4-29-17-13-15(12-16(24)21(17)30-5-2)20-18(22(27)31-6-3)19(25-23(28)26-20)14-10-8-7-9-11-14/h7-13,20H,4-6H2,1-3H3,(H2,25,26,28)/t20-/m0/s1. The molecule has 2 amide bonds. The predicted molar refractivity (Wildman–Crippen MR) is 118 cm³/mol. The maximum Gasteiger partial charge on any atom is 0.338 e. The van der Waals surface area contributed by atoms with Crippen LogP contribution in [0.15, 0.2) is 48.0 Å². The number of halogens is 1. The van der Waals surface area contributed by atoms with E-state index in [1.165, 1.54) is 0 Å². The van der Waals surface area contributed by atoms with Crippen molar-refractivity contribution in [2.45, 2.75) is 26.8 Å². The molecule has 0 aliphatic carbocycles. The number of hydrogen-bond acceptors (Lipinski definition) is 5. The number of benzene rings is 2. The van der Waals surface area contributed by atoms with Crippen LogP contribution in [0.1, 0.15) is 37.9 Å². The van der Waals surface area contributed by atoms with Gasteiger partial charge in [0.05, 0.1) is 42.2 Å². The van der Waals surface area contributed by atoms with Crippen molar-refractivity contribution in [3.8, 4) is 11.5 Å². The highest BCUT2D eigenvalue weighted by atomic mass is 35.5. The van der Waals surface area contributed by atoms with E-state index >= 15 is 0 Å². The summed E-state index contributed by atoms with van der Waals surface area (Å²) in [6, 6.07) is 11.3. The van der Waals surface area contributed by atoms with Crippen LogP contribution in [0, 0.1) is 0 Å². The molecule has 0 aromatic heterocycles. The average Bonchev–Trinajstić information content (AvgIpc) is 2.76. The van der Waals surface area contributed by atoms with E-state index in [4.69, 9.17) is 25.8 Å². The zero-order valence-electron chi connectivity index (χ0n) is 17.7. The highest BCUT2D eigenvalue weighted by molar-refractivity contribution is 6.32. The highest BCUT2D eigenvalue weighted by Crippen LogP contribution is 2.41. The van der Waals surface area contributed by atoms with Gasteiger partial charge in [0.15, 0.2) is 11.5 Å². The maximum absolute atomic E-state index is 13.0. The number of esters is 1. The first-order valence-corrected chi connectivity index (χ1v) is 10.5. The molecule has 31 heavy (non-hydrogen) atoms.